The van der Waals surface area contributed by atoms with Crippen LogP contribution >= 0.6 is 0 Å². The van der Waals surface area contributed by atoms with Crippen LogP contribution in [0.1, 0.15) is 40.7 Å². The number of pyridine rings is 1. The smallest absolute Gasteiger partial charge is 0.265 e. The highest BCUT2D eigenvalue weighted by atomic mass is 32.2. The second-order valence-corrected chi connectivity index (χ2v) is 9.99. The van der Waals surface area contributed by atoms with Gasteiger partial charge in [-0.25, -0.2) is 18.1 Å². The van der Waals surface area contributed by atoms with E-state index in [-0.39, 0.29) is 48.7 Å². The standard InChI is InChI=1S/C20H25N7O4S/c1-13(2)27-19-14(11-23-27)8-15(10-22-19)20(29)25-4-6-26(7-5-25)32(30,31)16-9-17(18(21)28)24(3)12-16/h8-13H,4-7H2,1-3H3,(H2,21,28). The first-order chi connectivity index (χ1) is 15.1. The molecule has 0 atom stereocenters. The predicted molar refractivity (Wildman–Crippen MR) is 117 cm³/mol. The van der Waals surface area contributed by atoms with Crippen molar-refractivity contribution in [3.8, 4) is 0 Å². The number of hydrogen-bond acceptors (Lipinski definition) is 6. The van der Waals surface area contributed by atoms with Gasteiger partial charge < -0.3 is 15.2 Å². The minimum Gasteiger partial charge on any atom is -0.364 e. The molecule has 2 N–H and O–H groups in total. The SMILES string of the molecule is CC(C)n1ncc2cc(C(=O)N3CCN(S(=O)(=O)c4cc(C(N)=O)n(C)c4)CC3)cnc21. The average Bonchev–Trinajstić information content (AvgIpc) is 3.37. The molecule has 0 unspecified atom stereocenters. The number of nitrogens with two attached hydrogens (primary N) is 1. The molecule has 3 aromatic rings. The largest absolute Gasteiger partial charge is 0.364 e. The van der Waals surface area contributed by atoms with Crippen molar-refractivity contribution in [3.05, 3.63) is 42.0 Å². The highest BCUT2D eigenvalue weighted by Gasteiger charge is 2.32. The Morgan fingerprint density at radius 3 is 2.38 bits per heavy atom. The molecule has 1 fully saturated rings. The molecule has 1 saturated heterocycles. The van der Waals surface area contributed by atoms with Crippen molar-refractivity contribution in [2.75, 3.05) is 26.2 Å². The predicted octanol–water partition coefficient (Wildman–Crippen LogP) is 0.596. The molecule has 32 heavy (non-hydrogen) atoms. The molecule has 1 aliphatic rings. The summed E-state index contributed by atoms with van der Waals surface area (Å²) in [6, 6.07) is 3.18. The minimum absolute atomic E-state index is 0.00499. The number of amides is 2. The Morgan fingerprint density at radius 1 is 1.09 bits per heavy atom. The molecule has 0 saturated carbocycles. The van der Waals surface area contributed by atoms with Gasteiger partial charge in [0.15, 0.2) is 5.65 Å². The normalized spacial score (nSPS) is 15.6. The Bertz CT molecular complexity index is 1300. The maximum absolute atomic E-state index is 13.0. The van der Waals surface area contributed by atoms with E-state index in [1.165, 1.54) is 27.3 Å². The summed E-state index contributed by atoms with van der Waals surface area (Å²) in [5.74, 6) is -0.904. The molecule has 11 nitrogen and oxygen atoms in total. The lowest BCUT2D eigenvalue weighted by Crippen LogP contribution is -2.50. The molecule has 0 aliphatic carbocycles. The number of aryl methyl sites for hydroxylation is 1. The molecular formula is C20H25N7O4S. The van der Waals surface area contributed by atoms with Crippen LogP contribution in [-0.4, -0.2) is 74.9 Å². The minimum atomic E-state index is -3.80. The fourth-order valence-corrected chi connectivity index (χ4v) is 5.31. The summed E-state index contributed by atoms with van der Waals surface area (Å²) in [5.41, 5.74) is 6.55. The van der Waals surface area contributed by atoms with Crippen molar-refractivity contribution >= 4 is 32.9 Å². The fraction of sp³-hybridized carbons (Fsp3) is 0.400. The summed E-state index contributed by atoms with van der Waals surface area (Å²) in [6.07, 6.45) is 4.58. The van der Waals surface area contributed by atoms with E-state index >= 15 is 0 Å². The number of carbonyl (C=O) groups is 2. The molecule has 2 amide bonds. The Labute approximate surface area is 185 Å². The van der Waals surface area contributed by atoms with Gasteiger partial charge in [-0.15, -0.1) is 0 Å². The Balaban J connectivity index is 1.47. The van der Waals surface area contributed by atoms with E-state index in [0.717, 1.165) is 5.39 Å². The third-order valence-electron chi connectivity index (χ3n) is 5.57. The second-order valence-electron chi connectivity index (χ2n) is 8.05. The highest BCUT2D eigenvalue weighted by Crippen LogP contribution is 2.22. The summed E-state index contributed by atoms with van der Waals surface area (Å²) in [6.45, 7) is 4.80. The second kappa shape index (κ2) is 8.02. The molecule has 170 valence electrons. The molecule has 0 bridgehead atoms. The number of primary amides is 1. The van der Waals surface area contributed by atoms with Gasteiger partial charge in [0.05, 0.1) is 11.8 Å². The van der Waals surface area contributed by atoms with E-state index < -0.39 is 15.9 Å². The van der Waals surface area contributed by atoms with E-state index in [0.29, 0.717) is 11.2 Å². The van der Waals surface area contributed by atoms with E-state index in [1.807, 2.05) is 13.8 Å². The number of nitrogens with zero attached hydrogens (tertiary/aromatic N) is 6. The van der Waals surface area contributed by atoms with Crippen LogP contribution in [0.2, 0.25) is 0 Å². The number of piperazine rings is 1. The number of fused-ring (bicyclic) bond motifs is 1. The lowest BCUT2D eigenvalue weighted by atomic mass is 10.2. The summed E-state index contributed by atoms with van der Waals surface area (Å²) >= 11 is 0. The monoisotopic (exact) mass is 459 g/mol. The molecule has 12 heteroatoms. The van der Waals surface area contributed by atoms with E-state index in [2.05, 4.69) is 10.1 Å². The van der Waals surface area contributed by atoms with E-state index in [4.69, 9.17) is 5.73 Å². The molecule has 1 aliphatic heterocycles. The van der Waals surface area contributed by atoms with Gasteiger partial charge in [-0.2, -0.15) is 9.40 Å². The molecule has 0 aromatic carbocycles. The lowest BCUT2D eigenvalue weighted by Gasteiger charge is -2.33. The van der Waals surface area contributed by atoms with Crippen molar-refractivity contribution in [1.29, 1.82) is 0 Å². The number of carbonyl (C=O) groups excluding carboxylic acids is 2. The summed E-state index contributed by atoms with van der Waals surface area (Å²) in [4.78, 5) is 30.4. The maximum Gasteiger partial charge on any atom is 0.265 e. The number of hydrogen-bond donors (Lipinski definition) is 1. The van der Waals surface area contributed by atoms with Crippen LogP contribution in [0, 0.1) is 0 Å². The maximum atomic E-state index is 13.0. The van der Waals surface area contributed by atoms with Crippen LogP contribution in [-0.2, 0) is 17.1 Å². The van der Waals surface area contributed by atoms with Gasteiger partial charge in [-0.05, 0) is 26.0 Å². The van der Waals surface area contributed by atoms with Crippen molar-refractivity contribution in [3.63, 3.8) is 0 Å². The van der Waals surface area contributed by atoms with Gasteiger partial charge in [-0.1, -0.05) is 0 Å². The Morgan fingerprint density at radius 2 is 1.78 bits per heavy atom. The van der Waals surface area contributed by atoms with Crippen molar-refractivity contribution in [2.45, 2.75) is 24.8 Å². The summed E-state index contributed by atoms with van der Waals surface area (Å²) in [7, 11) is -2.24. The van der Waals surface area contributed by atoms with Crippen LogP contribution in [0.3, 0.4) is 0 Å². The van der Waals surface area contributed by atoms with Crippen molar-refractivity contribution in [1.82, 2.24) is 28.5 Å². The van der Waals surface area contributed by atoms with Gasteiger partial charge in [0.2, 0.25) is 10.0 Å². The highest BCUT2D eigenvalue weighted by molar-refractivity contribution is 7.89. The topological polar surface area (TPSA) is 136 Å². The van der Waals surface area contributed by atoms with Gasteiger partial charge in [-0.3, -0.25) is 9.59 Å². The summed E-state index contributed by atoms with van der Waals surface area (Å²) in [5, 5.41) is 5.10. The summed E-state index contributed by atoms with van der Waals surface area (Å²) < 4.78 is 30.4. The molecular weight excluding hydrogens is 434 g/mol. The van der Waals surface area contributed by atoms with Gasteiger partial charge in [0, 0.05) is 57.0 Å². The Hall–Kier alpha value is -3.25. The molecule has 3 aromatic heterocycles. The quantitative estimate of drug-likeness (QED) is 0.593. The first kappa shape index (κ1) is 22.0. The van der Waals surface area contributed by atoms with E-state index in [9.17, 15) is 18.0 Å². The van der Waals surface area contributed by atoms with Crippen LogP contribution in [0.5, 0.6) is 0 Å². The fourth-order valence-electron chi connectivity index (χ4n) is 3.82. The lowest BCUT2D eigenvalue weighted by molar-refractivity contribution is 0.0697. The van der Waals surface area contributed by atoms with Crippen molar-refractivity contribution in [2.24, 2.45) is 12.8 Å². The number of rotatable bonds is 5. The zero-order chi connectivity index (χ0) is 23.2. The third-order valence-corrected chi connectivity index (χ3v) is 7.43. The zero-order valence-electron chi connectivity index (χ0n) is 18.1. The molecule has 4 rings (SSSR count). The Kier molecular flexibility index (Phi) is 5.51. The average molecular weight is 460 g/mol. The third kappa shape index (κ3) is 3.75. The molecule has 4 heterocycles. The van der Waals surface area contributed by atoms with Crippen LogP contribution < -0.4 is 5.73 Å². The first-order valence-electron chi connectivity index (χ1n) is 10.2. The zero-order valence-corrected chi connectivity index (χ0v) is 18.9. The molecule has 0 spiro atoms. The van der Waals surface area contributed by atoms with Crippen molar-refractivity contribution < 1.29 is 18.0 Å². The van der Waals surface area contributed by atoms with E-state index in [1.54, 1.807) is 28.9 Å². The number of sulfonamides is 1. The first-order valence-corrected chi connectivity index (χ1v) is 11.6. The van der Waals surface area contributed by atoms with Gasteiger partial charge in [0.1, 0.15) is 10.6 Å². The van der Waals surface area contributed by atoms with Crippen LogP contribution in [0.25, 0.3) is 11.0 Å². The van der Waals surface area contributed by atoms with Crippen LogP contribution in [0.4, 0.5) is 0 Å². The van der Waals surface area contributed by atoms with Gasteiger partial charge in [0.25, 0.3) is 11.8 Å². The molecule has 0 radical (unpaired) electrons. The van der Waals surface area contributed by atoms with Gasteiger partial charge >= 0.3 is 0 Å². The van der Waals surface area contributed by atoms with Crippen LogP contribution in [0.15, 0.2) is 35.6 Å². The number of aromatic nitrogens is 4.